The maximum atomic E-state index is 5.79. The van der Waals surface area contributed by atoms with Gasteiger partial charge in [0.25, 0.3) is 0 Å². The molecule has 2 heteroatoms. The van der Waals surface area contributed by atoms with Gasteiger partial charge < -0.3 is 9.64 Å². The molecule has 1 aliphatic heterocycles. The molecule has 0 aliphatic carbocycles. The van der Waals surface area contributed by atoms with Crippen molar-refractivity contribution in [3.63, 3.8) is 0 Å². The van der Waals surface area contributed by atoms with E-state index < -0.39 is 0 Å². The van der Waals surface area contributed by atoms with Crippen molar-refractivity contribution in [1.29, 1.82) is 0 Å². The molecule has 0 amide bonds. The third-order valence-electron chi connectivity index (χ3n) is 2.71. The van der Waals surface area contributed by atoms with Crippen LogP contribution in [0.3, 0.4) is 0 Å². The molecule has 0 aromatic rings. The van der Waals surface area contributed by atoms with Gasteiger partial charge in [0, 0.05) is 13.2 Å². The van der Waals surface area contributed by atoms with Crippen LogP contribution in [0.4, 0.5) is 0 Å². The van der Waals surface area contributed by atoms with Crippen LogP contribution in [0.25, 0.3) is 0 Å². The van der Waals surface area contributed by atoms with Gasteiger partial charge in [0.2, 0.25) is 0 Å². The van der Waals surface area contributed by atoms with E-state index in [2.05, 4.69) is 18.9 Å². The summed E-state index contributed by atoms with van der Waals surface area (Å²) in [5, 5.41) is 0. The van der Waals surface area contributed by atoms with Gasteiger partial charge in [-0.15, -0.1) is 0 Å². The van der Waals surface area contributed by atoms with Gasteiger partial charge >= 0.3 is 0 Å². The molecule has 1 heterocycles. The molecule has 0 aromatic carbocycles. The van der Waals surface area contributed by atoms with Crippen molar-refractivity contribution in [3.8, 4) is 0 Å². The van der Waals surface area contributed by atoms with Gasteiger partial charge in [0.05, 0.1) is 6.10 Å². The lowest BCUT2D eigenvalue weighted by molar-refractivity contribution is 0.0292. The highest BCUT2D eigenvalue weighted by molar-refractivity contribution is 4.66. The topological polar surface area (TPSA) is 12.5 Å². The molecule has 0 aromatic heterocycles. The molecule has 1 rings (SSSR count). The second-order valence-electron chi connectivity index (χ2n) is 4.08. The third kappa shape index (κ3) is 4.63. The zero-order chi connectivity index (χ0) is 9.52. The lowest BCUT2D eigenvalue weighted by atomic mass is 10.1. The SMILES string of the molecule is CCCOC1CCCCN(C)CC1. The van der Waals surface area contributed by atoms with Crippen LogP contribution < -0.4 is 0 Å². The number of nitrogens with zero attached hydrogens (tertiary/aromatic N) is 1. The smallest absolute Gasteiger partial charge is 0.0587 e. The van der Waals surface area contributed by atoms with Crippen molar-refractivity contribution >= 4 is 0 Å². The minimum absolute atomic E-state index is 0.530. The first kappa shape index (κ1) is 11.0. The van der Waals surface area contributed by atoms with Gasteiger partial charge in [-0.1, -0.05) is 6.92 Å². The van der Waals surface area contributed by atoms with Crippen LogP contribution in [0.2, 0.25) is 0 Å². The van der Waals surface area contributed by atoms with E-state index in [0.29, 0.717) is 6.10 Å². The van der Waals surface area contributed by atoms with Gasteiger partial charge in [-0.05, 0) is 45.7 Å². The van der Waals surface area contributed by atoms with E-state index in [9.17, 15) is 0 Å². The van der Waals surface area contributed by atoms with Crippen molar-refractivity contribution in [2.24, 2.45) is 0 Å². The van der Waals surface area contributed by atoms with Crippen LogP contribution in [-0.4, -0.2) is 37.7 Å². The standard InChI is InChI=1S/C11H23NO/c1-3-10-13-11-6-4-5-8-12(2)9-7-11/h11H,3-10H2,1-2H3. The molecule has 78 valence electrons. The summed E-state index contributed by atoms with van der Waals surface area (Å²) in [5.41, 5.74) is 0. The van der Waals surface area contributed by atoms with Gasteiger partial charge in [0.1, 0.15) is 0 Å². The molecule has 1 fully saturated rings. The number of hydrogen-bond donors (Lipinski definition) is 0. The maximum Gasteiger partial charge on any atom is 0.0587 e. The first-order valence-electron chi connectivity index (χ1n) is 5.63. The highest BCUT2D eigenvalue weighted by atomic mass is 16.5. The van der Waals surface area contributed by atoms with Crippen LogP contribution >= 0.6 is 0 Å². The fourth-order valence-electron chi connectivity index (χ4n) is 1.83. The van der Waals surface area contributed by atoms with Crippen molar-refractivity contribution in [2.75, 3.05) is 26.7 Å². The normalized spacial score (nSPS) is 26.8. The number of likely N-dealkylation sites (tertiary alicyclic amines) is 1. The average Bonchev–Trinajstić information content (AvgIpc) is 2.11. The van der Waals surface area contributed by atoms with Gasteiger partial charge in [-0.2, -0.15) is 0 Å². The Hall–Kier alpha value is -0.0800. The lowest BCUT2D eigenvalue weighted by Gasteiger charge is -2.25. The molecule has 0 radical (unpaired) electrons. The van der Waals surface area contributed by atoms with Crippen LogP contribution in [0.5, 0.6) is 0 Å². The Bertz CT molecular complexity index is 125. The molecule has 13 heavy (non-hydrogen) atoms. The van der Waals surface area contributed by atoms with E-state index >= 15 is 0 Å². The zero-order valence-electron chi connectivity index (χ0n) is 9.09. The van der Waals surface area contributed by atoms with Crippen LogP contribution in [0.1, 0.15) is 39.0 Å². The fourth-order valence-corrected chi connectivity index (χ4v) is 1.83. The first-order valence-corrected chi connectivity index (χ1v) is 5.63. The molecule has 2 nitrogen and oxygen atoms in total. The summed E-state index contributed by atoms with van der Waals surface area (Å²) in [4.78, 5) is 2.42. The quantitative estimate of drug-likeness (QED) is 0.669. The Morgan fingerprint density at radius 3 is 2.85 bits per heavy atom. The van der Waals surface area contributed by atoms with Crippen LogP contribution in [0.15, 0.2) is 0 Å². The van der Waals surface area contributed by atoms with Crippen molar-refractivity contribution < 1.29 is 4.74 Å². The Balaban J connectivity index is 2.20. The van der Waals surface area contributed by atoms with Crippen molar-refractivity contribution in [2.45, 2.75) is 45.1 Å². The summed E-state index contributed by atoms with van der Waals surface area (Å²) in [5.74, 6) is 0. The molecule has 1 atom stereocenters. The second-order valence-corrected chi connectivity index (χ2v) is 4.08. The summed E-state index contributed by atoms with van der Waals surface area (Å²) in [7, 11) is 2.21. The zero-order valence-corrected chi connectivity index (χ0v) is 9.09. The molecule has 1 unspecified atom stereocenters. The van der Waals surface area contributed by atoms with Crippen molar-refractivity contribution in [1.82, 2.24) is 4.90 Å². The molecule has 1 aliphatic rings. The van der Waals surface area contributed by atoms with Crippen LogP contribution in [0, 0.1) is 0 Å². The molecular formula is C11H23NO. The predicted octanol–water partition coefficient (Wildman–Crippen LogP) is 2.29. The Morgan fingerprint density at radius 2 is 2.08 bits per heavy atom. The van der Waals surface area contributed by atoms with Gasteiger partial charge in [-0.3, -0.25) is 0 Å². The lowest BCUT2D eigenvalue weighted by Crippen LogP contribution is -2.28. The monoisotopic (exact) mass is 185 g/mol. The van der Waals surface area contributed by atoms with Gasteiger partial charge in [-0.25, -0.2) is 0 Å². The summed E-state index contributed by atoms with van der Waals surface area (Å²) in [6, 6.07) is 0. The van der Waals surface area contributed by atoms with E-state index in [1.165, 1.54) is 38.8 Å². The number of ether oxygens (including phenoxy) is 1. The second kappa shape index (κ2) is 6.39. The Kier molecular flexibility index (Phi) is 5.40. The van der Waals surface area contributed by atoms with Crippen LogP contribution in [-0.2, 0) is 4.74 Å². The van der Waals surface area contributed by atoms with Gasteiger partial charge in [0.15, 0.2) is 0 Å². The molecule has 0 spiro atoms. The minimum Gasteiger partial charge on any atom is -0.378 e. The third-order valence-corrected chi connectivity index (χ3v) is 2.71. The minimum atomic E-state index is 0.530. The Labute approximate surface area is 82.3 Å². The Morgan fingerprint density at radius 1 is 1.23 bits per heavy atom. The van der Waals surface area contributed by atoms with E-state index in [4.69, 9.17) is 4.74 Å². The van der Waals surface area contributed by atoms with E-state index in [0.717, 1.165) is 13.0 Å². The van der Waals surface area contributed by atoms with E-state index in [-0.39, 0.29) is 0 Å². The summed E-state index contributed by atoms with van der Waals surface area (Å²) < 4.78 is 5.79. The van der Waals surface area contributed by atoms with E-state index in [1.807, 2.05) is 0 Å². The first-order chi connectivity index (χ1) is 6.33. The number of rotatable bonds is 3. The van der Waals surface area contributed by atoms with Crippen molar-refractivity contribution in [3.05, 3.63) is 0 Å². The predicted molar refractivity (Wildman–Crippen MR) is 56.0 cm³/mol. The average molecular weight is 185 g/mol. The molecule has 0 saturated carbocycles. The highest BCUT2D eigenvalue weighted by Gasteiger charge is 2.12. The molecule has 0 N–H and O–H groups in total. The van der Waals surface area contributed by atoms with E-state index in [1.54, 1.807) is 0 Å². The summed E-state index contributed by atoms with van der Waals surface area (Å²) in [6.45, 7) is 5.58. The molecule has 1 saturated heterocycles. The molecular weight excluding hydrogens is 162 g/mol. The summed E-state index contributed by atoms with van der Waals surface area (Å²) >= 11 is 0. The number of hydrogen-bond acceptors (Lipinski definition) is 2. The molecule has 0 bridgehead atoms. The maximum absolute atomic E-state index is 5.79. The summed E-state index contributed by atoms with van der Waals surface area (Å²) in [6.07, 6.45) is 6.83. The highest BCUT2D eigenvalue weighted by Crippen LogP contribution is 2.13. The largest absolute Gasteiger partial charge is 0.378 e. The fraction of sp³-hybridized carbons (Fsp3) is 1.00.